The Morgan fingerprint density at radius 1 is 1.07 bits per heavy atom. The van der Waals surface area contributed by atoms with Crippen molar-refractivity contribution in [1.29, 1.82) is 0 Å². The fraction of sp³-hybridized carbons (Fsp3) is 0.143. The first-order valence-corrected chi connectivity index (χ1v) is 9.94. The molecule has 0 aromatic heterocycles. The van der Waals surface area contributed by atoms with Crippen molar-refractivity contribution in [2.75, 3.05) is 12.4 Å². The van der Waals surface area contributed by atoms with Crippen LogP contribution in [0.15, 0.2) is 59.1 Å². The van der Waals surface area contributed by atoms with Crippen molar-refractivity contribution in [3.8, 4) is 11.5 Å². The van der Waals surface area contributed by atoms with Crippen molar-refractivity contribution >= 4 is 44.8 Å². The number of anilines is 1. The average molecular weight is 485 g/mol. The molecule has 0 fully saturated rings. The molecule has 3 aromatic rings. The molecule has 0 heterocycles. The minimum Gasteiger partial charge on any atom is -0.493 e. The zero-order valence-corrected chi connectivity index (χ0v) is 18.0. The van der Waals surface area contributed by atoms with E-state index in [-0.39, 0.29) is 12.4 Å². The summed E-state index contributed by atoms with van der Waals surface area (Å²) in [7, 11) is 1.56. The molecule has 0 bridgehead atoms. The molecule has 0 amide bonds. The number of methoxy groups -OCH3 is 1. The summed E-state index contributed by atoms with van der Waals surface area (Å²) in [5.74, 6) is 0.752. The Bertz CT molecular complexity index is 985. The molecule has 3 rings (SSSR count). The predicted molar refractivity (Wildman–Crippen MR) is 115 cm³/mol. The summed E-state index contributed by atoms with van der Waals surface area (Å²) < 4.78 is 25.8. The summed E-state index contributed by atoms with van der Waals surface area (Å²) in [6.07, 6.45) is 0. The molecule has 0 aliphatic rings. The summed E-state index contributed by atoms with van der Waals surface area (Å²) in [6.45, 7) is 0.615. The molecule has 0 aliphatic heterocycles. The van der Waals surface area contributed by atoms with E-state index in [1.807, 2.05) is 18.2 Å². The summed E-state index contributed by atoms with van der Waals surface area (Å²) in [6, 6.07) is 15.5. The van der Waals surface area contributed by atoms with E-state index in [4.69, 9.17) is 32.7 Å². The van der Waals surface area contributed by atoms with Crippen LogP contribution < -0.4 is 14.8 Å². The monoisotopic (exact) mass is 483 g/mol. The SMILES string of the molecule is COc1cc(CNc2ccc(Cl)cc2Cl)cc(Br)c1OCc1ccccc1F. The first-order valence-electron chi connectivity index (χ1n) is 8.39. The number of rotatable bonds is 7. The first-order chi connectivity index (χ1) is 13.5. The number of nitrogens with one attached hydrogen (secondary N) is 1. The fourth-order valence-corrected chi connectivity index (χ4v) is 3.69. The number of benzene rings is 3. The zero-order valence-electron chi connectivity index (χ0n) is 14.9. The Morgan fingerprint density at radius 2 is 1.86 bits per heavy atom. The van der Waals surface area contributed by atoms with Gasteiger partial charge in [-0.3, -0.25) is 0 Å². The van der Waals surface area contributed by atoms with Crippen LogP contribution in [0.1, 0.15) is 11.1 Å². The van der Waals surface area contributed by atoms with Crippen LogP contribution in [0.3, 0.4) is 0 Å². The lowest BCUT2D eigenvalue weighted by Gasteiger charge is -2.15. The van der Waals surface area contributed by atoms with Gasteiger partial charge in [0.25, 0.3) is 0 Å². The van der Waals surface area contributed by atoms with Crippen molar-refractivity contribution in [3.63, 3.8) is 0 Å². The highest BCUT2D eigenvalue weighted by Gasteiger charge is 2.13. The molecular formula is C21H17BrCl2FNO2. The van der Waals surface area contributed by atoms with Gasteiger partial charge in [-0.2, -0.15) is 0 Å². The Morgan fingerprint density at radius 3 is 2.57 bits per heavy atom. The molecule has 0 unspecified atom stereocenters. The van der Waals surface area contributed by atoms with Gasteiger partial charge >= 0.3 is 0 Å². The van der Waals surface area contributed by atoms with Crippen LogP contribution in [0, 0.1) is 5.82 Å². The third kappa shape index (κ3) is 5.10. The molecule has 0 spiro atoms. The van der Waals surface area contributed by atoms with E-state index in [2.05, 4.69) is 21.2 Å². The van der Waals surface area contributed by atoms with E-state index in [9.17, 15) is 4.39 Å². The molecule has 7 heteroatoms. The molecule has 28 heavy (non-hydrogen) atoms. The maximum absolute atomic E-state index is 13.8. The topological polar surface area (TPSA) is 30.5 Å². The third-order valence-corrected chi connectivity index (χ3v) is 5.17. The molecule has 3 aromatic carbocycles. The van der Waals surface area contributed by atoms with Gasteiger partial charge in [-0.15, -0.1) is 0 Å². The van der Waals surface area contributed by atoms with E-state index in [1.54, 1.807) is 37.4 Å². The van der Waals surface area contributed by atoms with Crippen molar-refractivity contribution in [1.82, 2.24) is 0 Å². The lowest BCUT2D eigenvalue weighted by molar-refractivity contribution is 0.277. The molecule has 3 nitrogen and oxygen atoms in total. The Labute approximate surface area is 181 Å². The Balaban J connectivity index is 1.74. The Kier molecular flexibility index (Phi) is 7.05. The summed E-state index contributed by atoms with van der Waals surface area (Å²) in [4.78, 5) is 0. The highest BCUT2D eigenvalue weighted by Crippen LogP contribution is 2.37. The van der Waals surface area contributed by atoms with Crippen molar-refractivity contribution in [3.05, 3.63) is 86.1 Å². The maximum atomic E-state index is 13.8. The fourth-order valence-electron chi connectivity index (χ4n) is 2.61. The lowest BCUT2D eigenvalue weighted by atomic mass is 10.2. The molecule has 0 radical (unpaired) electrons. The summed E-state index contributed by atoms with van der Waals surface area (Å²) >= 11 is 15.6. The van der Waals surface area contributed by atoms with Crippen molar-refractivity contribution < 1.29 is 13.9 Å². The van der Waals surface area contributed by atoms with Gasteiger partial charge in [0, 0.05) is 17.1 Å². The smallest absolute Gasteiger partial charge is 0.175 e. The van der Waals surface area contributed by atoms with E-state index in [0.29, 0.717) is 38.1 Å². The van der Waals surface area contributed by atoms with Gasteiger partial charge in [-0.1, -0.05) is 41.4 Å². The molecule has 0 saturated carbocycles. The largest absolute Gasteiger partial charge is 0.493 e. The Hall–Kier alpha value is -1.95. The van der Waals surface area contributed by atoms with E-state index >= 15 is 0 Å². The highest BCUT2D eigenvalue weighted by atomic mass is 79.9. The van der Waals surface area contributed by atoms with Crippen LogP contribution in [-0.2, 0) is 13.2 Å². The first kappa shape index (κ1) is 20.8. The minimum absolute atomic E-state index is 0.0968. The average Bonchev–Trinajstić information content (AvgIpc) is 2.67. The van der Waals surface area contributed by atoms with E-state index < -0.39 is 0 Å². The maximum Gasteiger partial charge on any atom is 0.175 e. The van der Waals surface area contributed by atoms with Crippen LogP contribution >= 0.6 is 39.1 Å². The van der Waals surface area contributed by atoms with Crippen molar-refractivity contribution in [2.45, 2.75) is 13.2 Å². The number of halogens is 4. The van der Waals surface area contributed by atoms with Gasteiger partial charge in [0.05, 0.1) is 22.3 Å². The van der Waals surface area contributed by atoms with Crippen LogP contribution in [0.25, 0.3) is 0 Å². The molecule has 0 atom stereocenters. The molecule has 146 valence electrons. The number of hydrogen-bond acceptors (Lipinski definition) is 3. The second-order valence-corrected chi connectivity index (χ2v) is 7.66. The van der Waals surface area contributed by atoms with Crippen LogP contribution in [0.4, 0.5) is 10.1 Å². The second kappa shape index (κ2) is 9.50. The zero-order chi connectivity index (χ0) is 20.1. The molecule has 0 saturated heterocycles. The van der Waals surface area contributed by atoms with Gasteiger partial charge in [0.2, 0.25) is 0 Å². The van der Waals surface area contributed by atoms with Gasteiger partial charge < -0.3 is 14.8 Å². The number of hydrogen-bond donors (Lipinski definition) is 1. The lowest BCUT2D eigenvalue weighted by Crippen LogP contribution is -2.04. The summed E-state index contributed by atoms with van der Waals surface area (Å²) in [5, 5.41) is 4.39. The summed E-state index contributed by atoms with van der Waals surface area (Å²) in [5.41, 5.74) is 2.20. The molecule has 0 aliphatic carbocycles. The molecule has 1 N–H and O–H groups in total. The van der Waals surface area contributed by atoms with Crippen LogP contribution in [0.2, 0.25) is 10.0 Å². The second-order valence-electron chi connectivity index (χ2n) is 5.97. The van der Waals surface area contributed by atoms with Gasteiger partial charge in [0.1, 0.15) is 12.4 Å². The highest BCUT2D eigenvalue weighted by molar-refractivity contribution is 9.10. The van der Waals surface area contributed by atoms with Gasteiger partial charge in [0.15, 0.2) is 11.5 Å². The van der Waals surface area contributed by atoms with E-state index in [1.165, 1.54) is 6.07 Å². The van der Waals surface area contributed by atoms with E-state index in [0.717, 1.165) is 11.3 Å². The number of ether oxygens (including phenoxy) is 2. The molecular weight excluding hydrogens is 468 g/mol. The predicted octanol–water partition coefficient (Wildman–Crippen LogP) is 7.09. The quantitative estimate of drug-likeness (QED) is 0.388. The normalized spacial score (nSPS) is 10.6. The van der Waals surface area contributed by atoms with Crippen LogP contribution in [0.5, 0.6) is 11.5 Å². The van der Waals surface area contributed by atoms with Gasteiger partial charge in [-0.05, 0) is 57.9 Å². The third-order valence-electron chi connectivity index (χ3n) is 4.03. The minimum atomic E-state index is -0.307. The standard InChI is InChI=1S/C21H17BrCl2FNO2/c1-27-20-9-13(11-26-19-7-6-15(23)10-17(19)24)8-16(22)21(20)28-12-14-4-2-3-5-18(14)25/h2-10,26H,11-12H2,1H3. The van der Waals surface area contributed by atoms with Crippen molar-refractivity contribution in [2.24, 2.45) is 0 Å². The van der Waals surface area contributed by atoms with Crippen LogP contribution in [-0.4, -0.2) is 7.11 Å². The van der Waals surface area contributed by atoms with Gasteiger partial charge in [-0.25, -0.2) is 4.39 Å².